The molecule has 0 spiro atoms. The number of aliphatic imine (C=N–C) groups is 1. The molecule has 1 aromatic carbocycles. The second-order valence-corrected chi connectivity index (χ2v) is 7.86. The van der Waals surface area contributed by atoms with E-state index in [9.17, 15) is 4.79 Å². The monoisotopic (exact) mass is 417 g/mol. The van der Waals surface area contributed by atoms with Crippen LogP contribution in [-0.2, 0) is 32.2 Å². The maximum Gasteiger partial charge on any atom is 0.309 e. The van der Waals surface area contributed by atoms with Gasteiger partial charge >= 0.3 is 5.97 Å². The SMILES string of the molecule is CCOC(=O)C1CCN(C(=NC)NCc2cccc(COC3CCOCC3)c2)CC1. The van der Waals surface area contributed by atoms with E-state index in [0.717, 1.165) is 57.9 Å². The summed E-state index contributed by atoms with van der Waals surface area (Å²) >= 11 is 0. The minimum absolute atomic E-state index is 0.00622. The van der Waals surface area contributed by atoms with Crippen LogP contribution in [0.5, 0.6) is 0 Å². The maximum atomic E-state index is 11.9. The lowest BCUT2D eigenvalue weighted by Crippen LogP contribution is -2.46. The number of rotatable bonds is 7. The highest BCUT2D eigenvalue weighted by atomic mass is 16.5. The fourth-order valence-electron chi connectivity index (χ4n) is 3.99. The molecular formula is C23H35N3O4. The van der Waals surface area contributed by atoms with Gasteiger partial charge in [-0.05, 0) is 43.7 Å². The van der Waals surface area contributed by atoms with Crippen molar-refractivity contribution in [1.29, 1.82) is 0 Å². The number of hydrogen-bond acceptors (Lipinski definition) is 5. The van der Waals surface area contributed by atoms with Crippen LogP contribution in [0, 0.1) is 5.92 Å². The fraction of sp³-hybridized carbons (Fsp3) is 0.652. The Hall–Kier alpha value is -2.12. The van der Waals surface area contributed by atoms with Crippen LogP contribution in [0.15, 0.2) is 29.3 Å². The number of hydrogen-bond donors (Lipinski definition) is 1. The normalized spacial score (nSPS) is 19.0. The van der Waals surface area contributed by atoms with E-state index in [2.05, 4.69) is 39.5 Å². The summed E-state index contributed by atoms with van der Waals surface area (Å²) in [6, 6.07) is 8.49. The molecule has 2 fully saturated rings. The van der Waals surface area contributed by atoms with Gasteiger partial charge in [0.2, 0.25) is 0 Å². The topological polar surface area (TPSA) is 72.4 Å². The first kappa shape index (κ1) is 22.6. The second-order valence-electron chi connectivity index (χ2n) is 7.86. The summed E-state index contributed by atoms with van der Waals surface area (Å²) in [5, 5.41) is 3.46. The number of carbonyl (C=O) groups is 1. The van der Waals surface area contributed by atoms with Crippen molar-refractivity contribution >= 4 is 11.9 Å². The smallest absolute Gasteiger partial charge is 0.309 e. The molecule has 0 atom stereocenters. The minimum atomic E-state index is -0.0696. The summed E-state index contributed by atoms with van der Waals surface area (Å²) < 4.78 is 16.6. The first-order chi connectivity index (χ1) is 14.7. The molecule has 3 rings (SSSR count). The lowest BCUT2D eigenvalue weighted by molar-refractivity contribution is -0.149. The van der Waals surface area contributed by atoms with E-state index >= 15 is 0 Å². The predicted molar refractivity (Wildman–Crippen MR) is 116 cm³/mol. The van der Waals surface area contributed by atoms with Crippen LogP contribution in [0.1, 0.15) is 43.7 Å². The zero-order valence-corrected chi connectivity index (χ0v) is 18.3. The molecule has 2 saturated heterocycles. The van der Waals surface area contributed by atoms with Crippen LogP contribution >= 0.6 is 0 Å². The molecule has 1 aromatic rings. The van der Waals surface area contributed by atoms with Gasteiger partial charge in [-0.1, -0.05) is 24.3 Å². The molecule has 7 heteroatoms. The number of nitrogens with zero attached hydrogens (tertiary/aromatic N) is 2. The summed E-state index contributed by atoms with van der Waals surface area (Å²) in [5.74, 6) is 0.813. The van der Waals surface area contributed by atoms with Crippen LogP contribution in [0.4, 0.5) is 0 Å². The van der Waals surface area contributed by atoms with Crippen LogP contribution in [0.2, 0.25) is 0 Å². The first-order valence-electron chi connectivity index (χ1n) is 11.1. The fourth-order valence-corrected chi connectivity index (χ4v) is 3.99. The van der Waals surface area contributed by atoms with E-state index in [1.807, 2.05) is 6.92 Å². The van der Waals surface area contributed by atoms with Crippen molar-refractivity contribution < 1.29 is 19.0 Å². The van der Waals surface area contributed by atoms with Gasteiger partial charge in [0, 0.05) is 39.9 Å². The summed E-state index contributed by atoms with van der Waals surface area (Å²) in [4.78, 5) is 18.6. The van der Waals surface area contributed by atoms with Crippen molar-refractivity contribution in [3.05, 3.63) is 35.4 Å². The van der Waals surface area contributed by atoms with Gasteiger partial charge < -0.3 is 24.4 Å². The predicted octanol–water partition coefficient (Wildman–Crippen LogP) is 2.73. The highest BCUT2D eigenvalue weighted by Gasteiger charge is 2.27. The Morgan fingerprint density at radius 3 is 2.63 bits per heavy atom. The highest BCUT2D eigenvalue weighted by Crippen LogP contribution is 2.19. The van der Waals surface area contributed by atoms with Crippen LogP contribution < -0.4 is 5.32 Å². The Bertz CT molecular complexity index is 695. The molecule has 0 aliphatic carbocycles. The lowest BCUT2D eigenvalue weighted by Gasteiger charge is -2.33. The molecule has 2 aliphatic heterocycles. The van der Waals surface area contributed by atoms with Crippen molar-refractivity contribution in [2.24, 2.45) is 10.9 Å². The van der Waals surface area contributed by atoms with Gasteiger partial charge in [0.05, 0.1) is 25.2 Å². The molecule has 0 saturated carbocycles. The molecule has 2 aliphatic rings. The van der Waals surface area contributed by atoms with E-state index in [1.165, 1.54) is 11.1 Å². The molecule has 0 bridgehead atoms. The average molecular weight is 418 g/mol. The number of likely N-dealkylation sites (tertiary alicyclic amines) is 1. The molecule has 30 heavy (non-hydrogen) atoms. The van der Waals surface area contributed by atoms with Crippen molar-refractivity contribution in [1.82, 2.24) is 10.2 Å². The van der Waals surface area contributed by atoms with Crippen molar-refractivity contribution in [2.75, 3.05) is 40.0 Å². The molecule has 7 nitrogen and oxygen atoms in total. The Kier molecular flexibility index (Phi) is 8.96. The van der Waals surface area contributed by atoms with E-state index in [-0.39, 0.29) is 11.9 Å². The number of carbonyl (C=O) groups excluding carboxylic acids is 1. The number of esters is 1. The van der Waals surface area contributed by atoms with Gasteiger partial charge in [-0.15, -0.1) is 0 Å². The summed E-state index contributed by atoms with van der Waals surface area (Å²) in [6.45, 7) is 6.84. The molecule has 0 radical (unpaired) electrons. The van der Waals surface area contributed by atoms with Gasteiger partial charge in [0.15, 0.2) is 5.96 Å². The van der Waals surface area contributed by atoms with E-state index < -0.39 is 0 Å². The van der Waals surface area contributed by atoms with E-state index in [1.54, 1.807) is 7.05 Å². The Labute approximate surface area is 179 Å². The maximum absolute atomic E-state index is 11.9. The summed E-state index contributed by atoms with van der Waals surface area (Å²) in [5.41, 5.74) is 2.39. The van der Waals surface area contributed by atoms with E-state index in [4.69, 9.17) is 14.2 Å². The average Bonchev–Trinajstić information content (AvgIpc) is 2.80. The molecule has 166 valence electrons. The number of ether oxygens (including phenoxy) is 3. The van der Waals surface area contributed by atoms with Crippen molar-refractivity contribution in [3.63, 3.8) is 0 Å². The van der Waals surface area contributed by atoms with Gasteiger partial charge in [0.1, 0.15) is 0 Å². The van der Waals surface area contributed by atoms with Gasteiger partial charge in [-0.2, -0.15) is 0 Å². The zero-order valence-electron chi connectivity index (χ0n) is 18.3. The van der Waals surface area contributed by atoms with Crippen molar-refractivity contribution in [3.8, 4) is 0 Å². The summed E-state index contributed by atoms with van der Waals surface area (Å²) in [7, 11) is 1.80. The molecule has 0 aromatic heterocycles. The molecule has 1 N–H and O–H groups in total. The van der Waals surface area contributed by atoms with Gasteiger partial charge in [-0.3, -0.25) is 9.79 Å². The highest BCUT2D eigenvalue weighted by molar-refractivity contribution is 5.80. The van der Waals surface area contributed by atoms with Crippen molar-refractivity contribution in [2.45, 2.75) is 51.9 Å². The van der Waals surface area contributed by atoms with Gasteiger partial charge in [-0.25, -0.2) is 0 Å². The lowest BCUT2D eigenvalue weighted by atomic mass is 9.97. The largest absolute Gasteiger partial charge is 0.466 e. The molecular weight excluding hydrogens is 382 g/mol. The molecule has 0 unspecified atom stereocenters. The minimum Gasteiger partial charge on any atom is -0.466 e. The number of piperidine rings is 1. The third kappa shape index (κ3) is 6.71. The number of benzene rings is 1. The Balaban J connectivity index is 1.45. The zero-order chi connectivity index (χ0) is 21.2. The molecule has 0 amide bonds. The third-order valence-electron chi connectivity index (χ3n) is 5.72. The Morgan fingerprint density at radius 1 is 1.20 bits per heavy atom. The summed E-state index contributed by atoms with van der Waals surface area (Å²) in [6.07, 6.45) is 3.86. The third-order valence-corrected chi connectivity index (χ3v) is 5.72. The molecule has 2 heterocycles. The van der Waals surface area contributed by atoms with Crippen LogP contribution in [-0.4, -0.2) is 62.9 Å². The van der Waals surface area contributed by atoms with Crippen LogP contribution in [0.25, 0.3) is 0 Å². The standard InChI is InChI=1S/C23H35N3O4/c1-3-29-22(27)20-7-11-26(12-8-20)23(24-2)25-16-18-5-4-6-19(15-18)17-30-21-9-13-28-14-10-21/h4-6,15,20-21H,3,7-14,16-17H2,1-2H3,(H,24,25). The van der Waals surface area contributed by atoms with Gasteiger partial charge in [0.25, 0.3) is 0 Å². The Morgan fingerprint density at radius 2 is 1.93 bits per heavy atom. The number of nitrogens with one attached hydrogen (secondary N) is 1. The van der Waals surface area contributed by atoms with E-state index in [0.29, 0.717) is 25.9 Å². The quantitative estimate of drug-likeness (QED) is 0.418. The second kappa shape index (κ2) is 11.9. The number of guanidine groups is 1. The van der Waals surface area contributed by atoms with Crippen LogP contribution in [0.3, 0.4) is 0 Å². The first-order valence-corrected chi connectivity index (χ1v) is 11.1.